The van der Waals surface area contributed by atoms with Gasteiger partial charge in [-0.3, -0.25) is 9.59 Å². The third kappa shape index (κ3) is 5.47. The van der Waals surface area contributed by atoms with Gasteiger partial charge in [0.2, 0.25) is 11.8 Å². The maximum Gasteiger partial charge on any atom is 0.229 e. The van der Waals surface area contributed by atoms with E-state index in [1.165, 1.54) is 0 Å². The molecule has 1 aliphatic heterocycles. The molecule has 1 atom stereocenters. The lowest BCUT2D eigenvalue weighted by Gasteiger charge is -2.32. The summed E-state index contributed by atoms with van der Waals surface area (Å²) < 4.78 is 5.28. The Morgan fingerprint density at radius 3 is 2.72 bits per heavy atom. The SMILES string of the molecule is C=CCCC(=O)N1CCC[C@H](C(=O)Nc2ccc(-c3cccc(OC)c3)cc2)C1. The third-order valence-corrected chi connectivity index (χ3v) is 5.26. The number of nitrogens with one attached hydrogen (secondary N) is 1. The number of carbonyl (C=O) groups is 2. The Balaban J connectivity index is 1.60. The number of anilines is 1. The highest BCUT2D eigenvalue weighted by atomic mass is 16.5. The number of nitrogens with zero attached hydrogens (tertiary/aromatic N) is 1. The largest absolute Gasteiger partial charge is 0.497 e. The fraction of sp³-hybridized carbons (Fsp3) is 0.333. The summed E-state index contributed by atoms with van der Waals surface area (Å²) >= 11 is 0. The molecule has 0 bridgehead atoms. The number of hydrogen-bond donors (Lipinski definition) is 1. The highest BCUT2D eigenvalue weighted by Gasteiger charge is 2.28. The highest BCUT2D eigenvalue weighted by molar-refractivity contribution is 5.93. The van der Waals surface area contributed by atoms with Gasteiger partial charge >= 0.3 is 0 Å². The van der Waals surface area contributed by atoms with Crippen molar-refractivity contribution >= 4 is 17.5 Å². The van der Waals surface area contributed by atoms with Crippen LogP contribution in [0.3, 0.4) is 0 Å². The summed E-state index contributed by atoms with van der Waals surface area (Å²) in [5.41, 5.74) is 2.87. The van der Waals surface area contributed by atoms with E-state index in [4.69, 9.17) is 4.74 Å². The van der Waals surface area contributed by atoms with Gasteiger partial charge in [0.25, 0.3) is 0 Å². The van der Waals surface area contributed by atoms with Crippen LogP contribution in [-0.4, -0.2) is 36.9 Å². The highest BCUT2D eigenvalue weighted by Crippen LogP contribution is 2.26. The molecular formula is C24H28N2O3. The first-order chi connectivity index (χ1) is 14.1. The van der Waals surface area contributed by atoms with Gasteiger partial charge in [-0.25, -0.2) is 0 Å². The number of carbonyl (C=O) groups excluding carboxylic acids is 2. The molecule has 5 heteroatoms. The van der Waals surface area contributed by atoms with Gasteiger partial charge in [-0.05, 0) is 54.7 Å². The lowest BCUT2D eigenvalue weighted by atomic mass is 9.96. The standard InChI is InChI=1S/C24H28N2O3/c1-3-4-10-23(27)26-15-6-8-20(17-26)24(28)25-21-13-11-18(12-14-21)19-7-5-9-22(16-19)29-2/h3,5,7,9,11-14,16,20H,1,4,6,8,10,15,17H2,2H3,(H,25,28)/t20-/m0/s1. The molecule has 3 rings (SSSR count). The topological polar surface area (TPSA) is 58.6 Å². The first kappa shape index (κ1) is 20.6. The zero-order chi connectivity index (χ0) is 20.6. The number of hydrogen-bond acceptors (Lipinski definition) is 3. The Labute approximate surface area is 172 Å². The average Bonchev–Trinajstić information content (AvgIpc) is 2.78. The molecule has 0 saturated carbocycles. The summed E-state index contributed by atoms with van der Waals surface area (Å²) in [5.74, 6) is 0.712. The van der Waals surface area contributed by atoms with Crippen LogP contribution < -0.4 is 10.1 Å². The summed E-state index contributed by atoms with van der Waals surface area (Å²) in [4.78, 5) is 26.8. The van der Waals surface area contributed by atoms with Crippen molar-refractivity contribution in [3.05, 3.63) is 61.2 Å². The van der Waals surface area contributed by atoms with Crippen molar-refractivity contribution in [3.63, 3.8) is 0 Å². The first-order valence-corrected chi connectivity index (χ1v) is 10.0. The van der Waals surface area contributed by atoms with Crippen LogP contribution in [0.25, 0.3) is 11.1 Å². The normalized spacial score (nSPS) is 16.2. The van der Waals surface area contributed by atoms with Crippen molar-refractivity contribution in [1.29, 1.82) is 0 Å². The quantitative estimate of drug-likeness (QED) is 0.706. The van der Waals surface area contributed by atoms with E-state index in [1.54, 1.807) is 13.2 Å². The fourth-order valence-electron chi connectivity index (χ4n) is 3.59. The maximum absolute atomic E-state index is 12.7. The predicted octanol–water partition coefficient (Wildman–Crippen LogP) is 4.51. The lowest BCUT2D eigenvalue weighted by Crippen LogP contribution is -2.43. The number of methoxy groups -OCH3 is 1. The minimum Gasteiger partial charge on any atom is -0.497 e. The molecule has 0 spiro atoms. The van der Waals surface area contributed by atoms with Crippen molar-refractivity contribution in [3.8, 4) is 16.9 Å². The minimum absolute atomic E-state index is 0.0275. The second-order valence-corrected chi connectivity index (χ2v) is 7.30. The molecule has 0 aliphatic carbocycles. The van der Waals surface area contributed by atoms with Crippen LogP contribution in [0, 0.1) is 5.92 Å². The van der Waals surface area contributed by atoms with E-state index in [9.17, 15) is 9.59 Å². The molecule has 2 aromatic carbocycles. The molecule has 152 valence electrons. The van der Waals surface area contributed by atoms with Crippen LogP contribution in [0.15, 0.2) is 61.2 Å². The molecule has 29 heavy (non-hydrogen) atoms. The van der Waals surface area contributed by atoms with Crippen LogP contribution in [0.2, 0.25) is 0 Å². The van der Waals surface area contributed by atoms with Gasteiger partial charge in [-0.1, -0.05) is 30.3 Å². The van der Waals surface area contributed by atoms with Crippen molar-refractivity contribution in [2.75, 3.05) is 25.5 Å². The van der Waals surface area contributed by atoms with Gasteiger partial charge in [-0.15, -0.1) is 6.58 Å². The minimum atomic E-state index is -0.172. The van der Waals surface area contributed by atoms with E-state index < -0.39 is 0 Å². The number of rotatable bonds is 7. The zero-order valence-electron chi connectivity index (χ0n) is 16.9. The van der Waals surface area contributed by atoms with E-state index in [0.29, 0.717) is 19.4 Å². The summed E-state index contributed by atoms with van der Waals surface area (Å²) in [6.07, 6.45) is 4.54. The lowest BCUT2D eigenvalue weighted by molar-refractivity contribution is -0.134. The van der Waals surface area contributed by atoms with E-state index >= 15 is 0 Å². The van der Waals surface area contributed by atoms with E-state index in [1.807, 2.05) is 53.4 Å². The molecule has 1 fully saturated rings. The van der Waals surface area contributed by atoms with Crippen molar-refractivity contribution in [1.82, 2.24) is 4.90 Å². The number of piperidine rings is 1. The summed E-state index contributed by atoms with van der Waals surface area (Å²) in [5, 5.41) is 3.00. The number of ether oxygens (including phenoxy) is 1. The number of likely N-dealkylation sites (tertiary alicyclic amines) is 1. The Morgan fingerprint density at radius 2 is 2.00 bits per heavy atom. The number of benzene rings is 2. The Hall–Kier alpha value is -3.08. The molecule has 0 aromatic heterocycles. The summed E-state index contributed by atoms with van der Waals surface area (Å²) in [6.45, 7) is 4.88. The Bertz CT molecular complexity index is 861. The van der Waals surface area contributed by atoms with Crippen molar-refractivity contribution < 1.29 is 14.3 Å². The molecule has 5 nitrogen and oxygen atoms in total. The smallest absolute Gasteiger partial charge is 0.229 e. The zero-order valence-corrected chi connectivity index (χ0v) is 16.9. The Kier molecular flexibility index (Phi) is 7.06. The maximum atomic E-state index is 12.7. The number of amides is 2. The molecular weight excluding hydrogens is 364 g/mol. The van der Waals surface area contributed by atoms with Crippen LogP contribution in [0.4, 0.5) is 5.69 Å². The molecule has 0 unspecified atom stereocenters. The van der Waals surface area contributed by atoms with Crippen LogP contribution in [0.1, 0.15) is 25.7 Å². The first-order valence-electron chi connectivity index (χ1n) is 10.0. The van der Waals surface area contributed by atoms with Gasteiger partial charge in [-0.2, -0.15) is 0 Å². The van der Waals surface area contributed by atoms with Crippen LogP contribution in [0.5, 0.6) is 5.75 Å². The molecule has 1 N–H and O–H groups in total. The van der Waals surface area contributed by atoms with Gasteiger partial charge < -0.3 is 15.0 Å². The second kappa shape index (κ2) is 9.92. The van der Waals surface area contributed by atoms with E-state index in [2.05, 4.69) is 11.9 Å². The molecule has 2 amide bonds. The predicted molar refractivity (Wildman–Crippen MR) is 116 cm³/mol. The molecule has 1 aliphatic rings. The van der Waals surface area contributed by atoms with E-state index in [-0.39, 0.29) is 17.7 Å². The van der Waals surface area contributed by atoms with Gasteiger partial charge in [0.1, 0.15) is 5.75 Å². The van der Waals surface area contributed by atoms with Crippen LogP contribution >= 0.6 is 0 Å². The monoisotopic (exact) mass is 392 g/mol. The summed E-state index contributed by atoms with van der Waals surface area (Å²) in [7, 11) is 1.65. The van der Waals surface area contributed by atoms with Gasteiger partial charge in [0, 0.05) is 25.2 Å². The third-order valence-electron chi connectivity index (χ3n) is 5.26. The van der Waals surface area contributed by atoms with Crippen molar-refractivity contribution in [2.45, 2.75) is 25.7 Å². The molecule has 1 saturated heterocycles. The number of allylic oxidation sites excluding steroid dienone is 1. The Morgan fingerprint density at radius 1 is 1.21 bits per heavy atom. The van der Waals surface area contributed by atoms with Gasteiger partial charge in [0.15, 0.2) is 0 Å². The molecule has 2 aromatic rings. The summed E-state index contributed by atoms with van der Waals surface area (Å²) in [6, 6.07) is 15.6. The second-order valence-electron chi connectivity index (χ2n) is 7.30. The average molecular weight is 392 g/mol. The van der Waals surface area contributed by atoms with E-state index in [0.717, 1.165) is 42.0 Å². The fourth-order valence-corrected chi connectivity index (χ4v) is 3.59. The van der Waals surface area contributed by atoms with Gasteiger partial charge in [0.05, 0.1) is 13.0 Å². The molecule has 1 heterocycles. The van der Waals surface area contributed by atoms with Crippen LogP contribution in [-0.2, 0) is 9.59 Å². The molecule has 0 radical (unpaired) electrons. The van der Waals surface area contributed by atoms with Crippen molar-refractivity contribution in [2.24, 2.45) is 5.92 Å².